The van der Waals surface area contributed by atoms with E-state index in [4.69, 9.17) is 5.73 Å². The highest BCUT2D eigenvalue weighted by Gasteiger charge is 2.29. The molecule has 4 atom stereocenters. The molecule has 0 saturated carbocycles. The van der Waals surface area contributed by atoms with Gasteiger partial charge in [-0.05, 0) is 6.92 Å². The van der Waals surface area contributed by atoms with E-state index in [9.17, 15) is 0 Å². The number of thiazole rings is 1. The molecule has 0 bridgehead atoms. The van der Waals surface area contributed by atoms with Crippen molar-refractivity contribution in [2.75, 3.05) is 5.75 Å². The van der Waals surface area contributed by atoms with Gasteiger partial charge in [-0.3, -0.25) is 0 Å². The molecule has 2 rings (SSSR count). The Morgan fingerprint density at radius 2 is 2.24 bits per heavy atom. The van der Waals surface area contributed by atoms with Crippen molar-refractivity contribution in [2.24, 2.45) is 5.73 Å². The van der Waals surface area contributed by atoms with Crippen LogP contribution in [0.3, 0.4) is 0 Å². The molecule has 96 valence electrons. The van der Waals surface area contributed by atoms with Crippen LogP contribution < -0.4 is 5.73 Å². The van der Waals surface area contributed by atoms with Crippen LogP contribution in [0.15, 0.2) is 5.38 Å². The largest absolute Gasteiger partial charge is 0.326 e. The maximum atomic E-state index is 6.33. The van der Waals surface area contributed by atoms with Crippen LogP contribution in [0.1, 0.15) is 24.5 Å². The standard InChI is InChI=1S/C12H20N2S3/c1-7-8(2)17-12(6-15-7)11(13)4-10-5-16-9(3)14-10/h5,7-8,11-12H,4,6,13H2,1-3H3. The fourth-order valence-electron chi connectivity index (χ4n) is 1.91. The summed E-state index contributed by atoms with van der Waals surface area (Å²) in [5.74, 6) is 1.18. The molecule has 1 fully saturated rings. The summed E-state index contributed by atoms with van der Waals surface area (Å²) >= 11 is 5.83. The molecule has 0 aromatic carbocycles. The van der Waals surface area contributed by atoms with Crippen molar-refractivity contribution in [3.05, 3.63) is 16.1 Å². The minimum Gasteiger partial charge on any atom is -0.326 e. The predicted molar refractivity (Wildman–Crippen MR) is 81.3 cm³/mol. The average Bonchev–Trinajstić information content (AvgIpc) is 2.68. The summed E-state index contributed by atoms with van der Waals surface area (Å²) in [6.45, 7) is 6.68. The first kappa shape index (κ1) is 13.7. The topological polar surface area (TPSA) is 38.9 Å². The molecule has 17 heavy (non-hydrogen) atoms. The first-order valence-corrected chi connectivity index (χ1v) is 8.87. The molecular formula is C12H20N2S3. The first-order chi connectivity index (χ1) is 8.06. The van der Waals surface area contributed by atoms with Crippen molar-refractivity contribution < 1.29 is 0 Å². The smallest absolute Gasteiger partial charge is 0.0897 e. The number of thioether (sulfide) groups is 2. The predicted octanol–water partition coefficient (Wildman–Crippen LogP) is 2.95. The Bertz CT molecular complexity index is 366. The summed E-state index contributed by atoms with van der Waals surface area (Å²) < 4.78 is 0. The second-order valence-corrected chi connectivity index (χ2v) is 8.74. The second kappa shape index (κ2) is 5.95. The number of aromatic nitrogens is 1. The lowest BCUT2D eigenvalue weighted by Crippen LogP contribution is -2.41. The van der Waals surface area contributed by atoms with Crippen LogP contribution in [0.25, 0.3) is 0 Å². The molecule has 0 spiro atoms. The summed E-state index contributed by atoms with van der Waals surface area (Å²) in [4.78, 5) is 4.50. The molecule has 2 nitrogen and oxygen atoms in total. The number of rotatable bonds is 3. The molecule has 4 unspecified atom stereocenters. The Morgan fingerprint density at radius 3 is 2.82 bits per heavy atom. The lowest BCUT2D eigenvalue weighted by Gasteiger charge is -2.34. The lowest BCUT2D eigenvalue weighted by atomic mass is 10.1. The number of hydrogen-bond acceptors (Lipinski definition) is 5. The quantitative estimate of drug-likeness (QED) is 0.928. The molecule has 2 heterocycles. The summed E-state index contributed by atoms with van der Waals surface area (Å²) in [6, 6.07) is 0.240. The van der Waals surface area contributed by atoms with Crippen LogP contribution >= 0.6 is 34.9 Å². The van der Waals surface area contributed by atoms with E-state index in [1.807, 2.05) is 0 Å². The Kier molecular flexibility index (Phi) is 4.80. The van der Waals surface area contributed by atoms with Crippen LogP contribution in [0.4, 0.5) is 0 Å². The molecule has 1 aliphatic heterocycles. The van der Waals surface area contributed by atoms with Gasteiger partial charge in [-0.2, -0.15) is 23.5 Å². The van der Waals surface area contributed by atoms with Crippen molar-refractivity contribution in [1.82, 2.24) is 4.98 Å². The maximum Gasteiger partial charge on any atom is 0.0897 e. The van der Waals surface area contributed by atoms with E-state index < -0.39 is 0 Å². The molecular weight excluding hydrogens is 268 g/mol. The number of nitrogens with zero attached hydrogens (tertiary/aromatic N) is 1. The van der Waals surface area contributed by atoms with Crippen molar-refractivity contribution in [1.29, 1.82) is 0 Å². The van der Waals surface area contributed by atoms with E-state index in [2.05, 4.69) is 54.7 Å². The number of hydrogen-bond donors (Lipinski definition) is 1. The van der Waals surface area contributed by atoms with Gasteiger partial charge < -0.3 is 5.73 Å². The molecule has 0 aliphatic carbocycles. The SMILES string of the molecule is Cc1nc(CC(N)C2CSC(C)C(C)S2)cs1. The monoisotopic (exact) mass is 288 g/mol. The van der Waals surface area contributed by atoms with E-state index >= 15 is 0 Å². The Hall–Kier alpha value is 0.290. The van der Waals surface area contributed by atoms with Crippen LogP contribution in [0.5, 0.6) is 0 Å². The minimum atomic E-state index is 0.240. The third-order valence-corrected chi connectivity index (χ3v) is 7.56. The van der Waals surface area contributed by atoms with Crippen LogP contribution in [0.2, 0.25) is 0 Å². The fourth-order valence-corrected chi connectivity index (χ4v) is 5.59. The third-order valence-electron chi connectivity index (χ3n) is 3.16. The third kappa shape index (κ3) is 3.63. The van der Waals surface area contributed by atoms with Crippen LogP contribution in [-0.4, -0.2) is 32.5 Å². The van der Waals surface area contributed by atoms with Crippen molar-refractivity contribution >= 4 is 34.9 Å². The van der Waals surface area contributed by atoms with Crippen molar-refractivity contribution in [3.8, 4) is 0 Å². The highest BCUT2D eigenvalue weighted by Crippen LogP contribution is 2.37. The van der Waals surface area contributed by atoms with Gasteiger partial charge in [-0.25, -0.2) is 4.98 Å². The molecule has 2 N–H and O–H groups in total. The zero-order valence-corrected chi connectivity index (χ0v) is 13.0. The number of nitrogens with two attached hydrogens (primary N) is 1. The van der Waals surface area contributed by atoms with Crippen LogP contribution in [-0.2, 0) is 6.42 Å². The molecule has 1 aromatic heterocycles. The summed E-state index contributed by atoms with van der Waals surface area (Å²) in [7, 11) is 0. The fraction of sp³-hybridized carbons (Fsp3) is 0.750. The van der Waals surface area contributed by atoms with Gasteiger partial charge in [0.1, 0.15) is 0 Å². The van der Waals surface area contributed by atoms with Gasteiger partial charge in [0.25, 0.3) is 0 Å². The Balaban J connectivity index is 1.90. The van der Waals surface area contributed by atoms with Gasteiger partial charge >= 0.3 is 0 Å². The molecule has 1 saturated heterocycles. The van der Waals surface area contributed by atoms with Gasteiger partial charge in [0, 0.05) is 39.3 Å². The van der Waals surface area contributed by atoms with Crippen molar-refractivity contribution in [2.45, 2.75) is 49.0 Å². The lowest BCUT2D eigenvalue weighted by molar-refractivity contribution is 0.648. The summed E-state index contributed by atoms with van der Waals surface area (Å²) in [5.41, 5.74) is 7.49. The van der Waals surface area contributed by atoms with Crippen molar-refractivity contribution in [3.63, 3.8) is 0 Å². The Labute approximate surface area is 116 Å². The summed E-state index contributed by atoms with van der Waals surface area (Å²) in [5, 5.41) is 5.32. The van der Waals surface area contributed by atoms with Gasteiger partial charge in [0.15, 0.2) is 0 Å². The average molecular weight is 289 g/mol. The van der Waals surface area contributed by atoms with E-state index in [-0.39, 0.29) is 6.04 Å². The zero-order valence-electron chi connectivity index (χ0n) is 10.6. The maximum absolute atomic E-state index is 6.33. The highest BCUT2D eigenvalue weighted by molar-refractivity contribution is 8.07. The van der Waals surface area contributed by atoms with E-state index in [1.54, 1.807) is 11.3 Å². The minimum absolute atomic E-state index is 0.240. The molecule has 5 heteroatoms. The van der Waals surface area contributed by atoms with Crippen LogP contribution in [0, 0.1) is 6.92 Å². The first-order valence-electron chi connectivity index (χ1n) is 6.00. The molecule has 0 radical (unpaired) electrons. The van der Waals surface area contributed by atoms with E-state index in [0.717, 1.165) is 22.4 Å². The van der Waals surface area contributed by atoms with Gasteiger partial charge in [0.05, 0.1) is 10.7 Å². The number of aryl methyl sites for hydroxylation is 1. The molecule has 1 aliphatic rings. The highest BCUT2D eigenvalue weighted by atomic mass is 32.2. The molecule has 0 amide bonds. The molecule has 1 aromatic rings. The van der Waals surface area contributed by atoms with E-state index in [1.165, 1.54) is 5.75 Å². The van der Waals surface area contributed by atoms with Gasteiger partial charge in [-0.15, -0.1) is 11.3 Å². The van der Waals surface area contributed by atoms with Gasteiger partial charge in [0.2, 0.25) is 0 Å². The summed E-state index contributed by atoms with van der Waals surface area (Å²) in [6.07, 6.45) is 0.920. The zero-order chi connectivity index (χ0) is 12.4. The van der Waals surface area contributed by atoms with Gasteiger partial charge in [-0.1, -0.05) is 13.8 Å². The van der Waals surface area contributed by atoms with E-state index in [0.29, 0.717) is 10.5 Å². The second-order valence-electron chi connectivity index (χ2n) is 4.64. The Morgan fingerprint density at radius 1 is 1.47 bits per heavy atom. The normalized spacial score (nSPS) is 31.4.